The molecule has 0 heterocycles. The summed E-state index contributed by atoms with van der Waals surface area (Å²) in [6.45, 7) is -1.23. The van der Waals surface area contributed by atoms with Crippen molar-refractivity contribution >= 4 is 17.3 Å². The first-order valence-electron chi connectivity index (χ1n) is 9.19. The average Bonchev–Trinajstić information content (AvgIpc) is 2.81. The third-order valence-electron chi connectivity index (χ3n) is 4.90. The predicted octanol–water partition coefficient (Wildman–Crippen LogP) is -2.64. The highest BCUT2D eigenvalue weighted by Gasteiger charge is 2.56. The van der Waals surface area contributed by atoms with Crippen molar-refractivity contribution in [3.8, 4) is 34.5 Å². The first-order valence-corrected chi connectivity index (χ1v) is 9.19. The fraction of sp³-hybridized carbons (Fsp3) is 0.250. The van der Waals surface area contributed by atoms with E-state index in [-0.39, 0.29) is 0 Å². The second-order valence-electron chi connectivity index (χ2n) is 7.17. The molecule has 14 heteroatoms. The van der Waals surface area contributed by atoms with Gasteiger partial charge in [0.25, 0.3) is 0 Å². The minimum absolute atomic E-state index is 0.430. The SMILES string of the molecule is O=C(C(=O)[C@@](O)(C(=O)c1cc(O)c(O)c(O)c1)[C@@H](O)[C@H](O)[C@H](O)CO)c1cc(O)c(O)c(O)c1. The summed E-state index contributed by atoms with van der Waals surface area (Å²) in [7, 11) is 0. The number of carbonyl (C=O) groups excluding carboxylic acids is 3. The third kappa shape index (κ3) is 4.43. The van der Waals surface area contributed by atoms with Gasteiger partial charge in [-0.3, -0.25) is 14.4 Å². The van der Waals surface area contributed by atoms with Crippen molar-refractivity contribution < 1.29 is 70.6 Å². The molecule has 2 aromatic carbocycles. The van der Waals surface area contributed by atoms with Gasteiger partial charge in [0.15, 0.2) is 34.5 Å². The van der Waals surface area contributed by atoms with E-state index in [1.165, 1.54) is 0 Å². The number of phenols is 6. The van der Waals surface area contributed by atoms with Gasteiger partial charge in [-0.25, -0.2) is 0 Å². The summed E-state index contributed by atoms with van der Waals surface area (Å²) in [6, 6.07) is 1.79. The maximum absolute atomic E-state index is 13.0. The molecule has 0 unspecified atom stereocenters. The fourth-order valence-electron chi connectivity index (χ4n) is 2.93. The van der Waals surface area contributed by atoms with E-state index in [0.717, 1.165) is 0 Å². The standard InChI is InChI=1S/C20H20O14/c21-5-12(26)16(30)19(33)20(34,17(31)7-3-10(24)15(29)11(25)4-7)18(32)13(27)6-1-8(22)14(28)9(23)2-6/h1-4,12,16,19,21-26,28-30,33-34H,5H2/t12-,16-,19+,20+/m1/s1. The fourth-order valence-corrected chi connectivity index (χ4v) is 2.93. The lowest BCUT2D eigenvalue weighted by molar-refractivity contribution is -0.158. The summed E-state index contributed by atoms with van der Waals surface area (Å²) in [5.41, 5.74) is -5.81. The van der Waals surface area contributed by atoms with Gasteiger partial charge < -0.3 is 56.2 Å². The van der Waals surface area contributed by atoms with Crippen LogP contribution in [0.15, 0.2) is 24.3 Å². The predicted molar refractivity (Wildman–Crippen MR) is 107 cm³/mol. The van der Waals surface area contributed by atoms with E-state index >= 15 is 0 Å². The van der Waals surface area contributed by atoms with Gasteiger partial charge >= 0.3 is 0 Å². The van der Waals surface area contributed by atoms with Crippen molar-refractivity contribution in [2.75, 3.05) is 6.61 Å². The molecule has 0 radical (unpaired) electrons. The Hall–Kier alpha value is -3.95. The molecule has 0 fully saturated rings. The van der Waals surface area contributed by atoms with Gasteiger partial charge in [-0.05, 0) is 24.3 Å². The summed E-state index contributed by atoms with van der Waals surface area (Å²) >= 11 is 0. The van der Waals surface area contributed by atoms with Gasteiger partial charge in [0.2, 0.25) is 23.0 Å². The Kier molecular flexibility index (Phi) is 7.35. The van der Waals surface area contributed by atoms with E-state index in [4.69, 9.17) is 5.11 Å². The molecular weight excluding hydrogens is 464 g/mol. The van der Waals surface area contributed by atoms with Crippen LogP contribution in [-0.2, 0) is 4.79 Å². The van der Waals surface area contributed by atoms with Crippen molar-refractivity contribution in [1.82, 2.24) is 0 Å². The lowest BCUT2D eigenvalue weighted by Crippen LogP contribution is -2.63. The molecule has 0 spiro atoms. The Morgan fingerprint density at radius 3 is 1.50 bits per heavy atom. The summed E-state index contributed by atoms with van der Waals surface area (Å²) in [5.74, 6) is -12.6. The molecule has 14 nitrogen and oxygen atoms in total. The lowest BCUT2D eigenvalue weighted by atomic mass is 9.78. The highest BCUT2D eigenvalue weighted by atomic mass is 16.4. The smallest absolute Gasteiger partial charge is 0.245 e. The van der Waals surface area contributed by atoms with Crippen molar-refractivity contribution in [3.05, 3.63) is 35.4 Å². The number of hydrogen-bond acceptors (Lipinski definition) is 14. The van der Waals surface area contributed by atoms with E-state index in [2.05, 4.69) is 0 Å². The van der Waals surface area contributed by atoms with E-state index in [1.54, 1.807) is 0 Å². The van der Waals surface area contributed by atoms with Gasteiger partial charge in [-0.15, -0.1) is 0 Å². The number of phenolic OH excluding ortho intramolecular Hbond substituents is 6. The summed E-state index contributed by atoms with van der Waals surface area (Å²) in [4.78, 5) is 38.7. The van der Waals surface area contributed by atoms with Gasteiger partial charge in [-0.2, -0.15) is 0 Å². The molecular formula is C20H20O14. The van der Waals surface area contributed by atoms with E-state index in [0.29, 0.717) is 24.3 Å². The Morgan fingerprint density at radius 1 is 0.735 bits per heavy atom. The number of aliphatic hydroxyl groups is 5. The Balaban J connectivity index is 2.69. The Morgan fingerprint density at radius 2 is 1.12 bits per heavy atom. The van der Waals surface area contributed by atoms with Crippen molar-refractivity contribution in [2.24, 2.45) is 0 Å². The minimum Gasteiger partial charge on any atom is -0.504 e. The van der Waals surface area contributed by atoms with Gasteiger partial charge in [0, 0.05) is 11.1 Å². The molecule has 0 saturated carbocycles. The van der Waals surface area contributed by atoms with Crippen LogP contribution in [0.1, 0.15) is 20.7 Å². The van der Waals surface area contributed by atoms with E-state index in [1.807, 2.05) is 0 Å². The molecule has 0 aliphatic rings. The molecule has 0 aliphatic carbocycles. The van der Waals surface area contributed by atoms with Gasteiger partial charge in [0.1, 0.15) is 18.3 Å². The summed E-state index contributed by atoms with van der Waals surface area (Å²) in [6.07, 6.45) is -7.85. The van der Waals surface area contributed by atoms with Crippen LogP contribution >= 0.6 is 0 Å². The minimum atomic E-state index is -3.95. The zero-order valence-electron chi connectivity index (χ0n) is 16.9. The van der Waals surface area contributed by atoms with E-state index < -0.39 is 93.5 Å². The third-order valence-corrected chi connectivity index (χ3v) is 4.90. The second-order valence-corrected chi connectivity index (χ2v) is 7.17. The molecule has 4 atom stereocenters. The number of benzene rings is 2. The van der Waals surface area contributed by atoms with Gasteiger partial charge in [0.05, 0.1) is 6.61 Å². The van der Waals surface area contributed by atoms with Crippen LogP contribution in [0, 0.1) is 0 Å². The number of Topliss-reactive ketones (excluding diaryl/α,β-unsaturated/α-hetero) is 3. The van der Waals surface area contributed by atoms with Crippen LogP contribution in [0.25, 0.3) is 0 Å². The molecule has 11 N–H and O–H groups in total. The maximum atomic E-state index is 13.0. The largest absolute Gasteiger partial charge is 0.504 e. The maximum Gasteiger partial charge on any atom is 0.245 e. The van der Waals surface area contributed by atoms with Crippen molar-refractivity contribution in [3.63, 3.8) is 0 Å². The van der Waals surface area contributed by atoms with Crippen molar-refractivity contribution in [2.45, 2.75) is 23.9 Å². The number of rotatable bonds is 9. The van der Waals surface area contributed by atoms with Crippen LogP contribution in [0.4, 0.5) is 0 Å². The van der Waals surface area contributed by atoms with Gasteiger partial charge in [-0.1, -0.05) is 0 Å². The average molecular weight is 484 g/mol. The molecule has 2 aromatic rings. The molecule has 0 saturated heterocycles. The van der Waals surface area contributed by atoms with Crippen molar-refractivity contribution in [1.29, 1.82) is 0 Å². The van der Waals surface area contributed by atoms with E-state index in [9.17, 15) is 65.4 Å². The normalized spacial score (nSPS) is 15.7. The number of aliphatic hydroxyl groups excluding tert-OH is 4. The number of ketones is 3. The molecule has 0 aliphatic heterocycles. The molecule has 0 amide bonds. The Bertz CT molecular complexity index is 1100. The second kappa shape index (κ2) is 9.50. The summed E-state index contributed by atoms with van der Waals surface area (Å²) in [5, 5.41) is 107. The summed E-state index contributed by atoms with van der Waals surface area (Å²) < 4.78 is 0. The number of hydrogen-bond donors (Lipinski definition) is 11. The van der Waals surface area contributed by atoms with Crippen LogP contribution < -0.4 is 0 Å². The Labute approximate surface area is 189 Å². The topological polar surface area (TPSA) is 274 Å². The first kappa shape index (κ1) is 26.3. The van der Waals surface area contributed by atoms with Crippen LogP contribution in [0.3, 0.4) is 0 Å². The molecule has 0 bridgehead atoms. The number of carbonyl (C=O) groups is 3. The molecule has 0 aromatic heterocycles. The van der Waals surface area contributed by atoms with Crippen LogP contribution in [-0.4, -0.2) is 104 Å². The highest BCUT2D eigenvalue weighted by Crippen LogP contribution is 2.38. The molecule has 2 rings (SSSR count). The zero-order valence-corrected chi connectivity index (χ0v) is 16.9. The molecule has 34 heavy (non-hydrogen) atoms. The highest BCUT2D eigenvalue weighted by molar-refractivity contribution is 6.51. The zero-order chi connectivity index (χ0) is 26.1. The van der Waals surface area contributed by atoms with Crippen LogP contribution in [0.2, 0.25) is 0 Å². The quantitative estimate of drug-likeness (QED) is 0.0751. The monoisotopic (exact) mass is 484 g/mol. The molecule has 184 valence electrons. The number of aromatic hydroxyl groups is 6. The van der Waals surface area contributed by atoms with Crippen LogP contribution in [0.5, 0.6) is 34.5 Å². The lowest BCUT2D eigenvalue weighted by Gasteiger charge is -2.33. The first-order chi connectivity index (χ1) is 15.7.